The third-order valence-electron chi connectivity index (χ3n) is 2.95. The Labute approximate surface area is 119 Å². The number of aromatic nitrogens is 3. The molecule has 0 fully saturated rings. The Balaban J connectivity index is 2.19. The van der Waals surface area contributed by atoms with Crippen molar-refractivity contribution in [3.8, 4) is 0 Å². The quantitative estimate of drug-likeness (QED) is 0.839. The number of hydrogen-bond donors (Lipinski definition) is 1. The highest BCUT2D eigenvalue weighted by molar-refractivity contribution is 5.66. The lowest BCUT2D eigenvalue weighted by Gasteiger charge is -2.20. The van der Waals surface area contributed by atoms with Gasteiger partial charge in [0.1, 0.15) is 5.82 Å². The molecule has 2 aromatic rings. The van der Waals surface area contributed by atoms with Gasteiger partial charge in [-0.3, -0.25) is 0 Å². The minimum absolute atomic E-state index is 0.246. The molecule has 0 aliphatic carbocycles. The average molecular weight is 277 g/mol. The number of hydrogen-bond acceptors (Lipinski definition) is 5. The number of nitrogens with zero attached hydrogens (tertiary/aromatic N) is 4. The van der Waals surface area contributed by atoms with Crippen LogP contribution in [0, 0.1) is 0 Å². The van der Waals surface area contributed by atoms with Gasteiger partial charge in [-0.15, -0.1) is 0 Å². The Morgan fingerprint density at radius 2 is 2.25 bits per heavy atom. The summed E-state index contributed by atoms with van der Waals surface area (Å²) in [5.74, 6) is 1.71. The van der Waals surface area contributed by atoms with Gasteiger partial charge in [0.05, 0.1) is 18.9 Å². The molecule has 20 heavy (non-hydrogen) atoms. The van der Waals surface area contributed by atoms with Gasteiger partial charge in [0, 0.05) is 32.5 Å². The SMILES string of the molecule is CCNc1cn2ccnc2c(N(C)CCOC(C)C)n1. The molecule has 1 N–H and O–H groups in total. The molecule has 0 aromatic carbocycles. The Kier molecular flexibility index (Phi) is 4.79. The summed E-state index contributed by atoms with van der Waals surface area (Å²) < 4.78 is 7.58. The van der Waals surface area contributed by atoms with Gasteiger partial charge in [-0.2, -0.15) is 0 Å². The van der Waals surface area contributed by atoms with Crippen LogP contribution in [-0.4, -0.2) is 47.2 Å². The lowest BCUT2D eigenvalue weighted by molar-refractivity contribution is 0.0845. The number of nitrogens with one attached hydrogen (secondary N) is 1. The van der Waals surface area contributed by atoms with Crippen molar-refractivity contribution < 1.29 is 4.74 Å². The van der Waals surface area contributed by atoms with Gasteiger partial charge in [0.25, 0.3) is 0 Å². The van der Waals surface area contributed by atoms with Gasteiger partial charge < -0.3 is 19.4 Å². The van der Waals surface area contributed by atoms with E-state index >= 15 is 0 Å². The van der Waals surface area contributed by atoms with Gasteiger partial charge in [-0.05, 0) is 20.8 Å². The molecule has 0 bridgehead atoms. The minimum Gasteiger partial charge on any atom is -0.377 e. The van der Waals surface area contributed by atoms with Gasteiger partial charge in [-0.1, -0.05) is 0 Å². The van der Waals surface area contributed by atoms with Crippen LogP contribution in [0.15, 0.2) is 18.6 Å². The fourth-order valence-corrected chi connectivity index (χ4v) is 1.97. The molecule has 0 atom stereocenters. The molecule has 2 heterocycles. The third kappa shape index (κ3) is 3.39. The summed E-state index contributed by atoms with van der Waals surface area (Å²) in [4.78, 5) is 11.1. The second-order valence-electron chi connectivity index (χ2n) is 4.98. The molecule has 2 aromatic heterocycles. The maximum atomic E-state index is 5.59. The number of imidazole rings is 1. The van der Waals surface area contributed by atoms with E-state index < -0.39 is 0 Å². The van der Waals surface area contributed by atoms with Crippen molar-refractivity contribution in [2.24, 2.45) is 0 Å². The van der Waals surface area contributed by atoms with Crippen molar-refractivity contribution in [3.05, 3.63) is 18.6 Å². The third-order valence-corrected chi connectivity index (χ3v) is 2.95. The van der Waals surface area contributed by atoms with Crippen LogP contribution in [0.1, 0.15) is 20.8 Å². The van der Waals surface area contributed by atoms with Crippen LogP contribution >= 0.6 is 0 Å². The van der Waals surface area contributed by atoms with Crippen LogP contribution in [0.3, 0.4) is 0 Å². The first-order valence-corrected chi connectivity index (χ1v) is 7.02. The summed E-state index contributed by atoms with van der Waals surface area (Å²) >= 11 is 0. The van der Waals surface area contributed by atoms with E-state index in [1.807, 2.05) is 37.7 Å². The molecule has 0 amide bonds. The first kappa shape index (κ1) is 14.6. The monoisotopic (exact) mass is 277 g/mol. The Hall–Kier alpha value is -1.82. The van der Waals surface area contributed by atoms with Crippen molar-refractivity contribution in [2.45, 2.75) is 26.9 Å². The highest BCUT2D eigenvalue weighted by Crippen LogP contribution is 2.19. The van der Waals surface area contributed by atoms with E-state index in [2.05, 4.69) is 27.1 Å². The van der Waals surface area contributed by atoms with E-state index in [1.165, 1.54) is 0 Å². The summed E-state index contributed by atoms with van der Waals surface area (Å²) in [5.41, 5.74) is 0.860. The van der Waals surface area contributed by atoms with Crippen LogP contribution < -0.4 is 10.2 Å². The molecular weight excluding hydrogens is 254 g/mol. The first-order valence-electron chi connectivity index (χ1n) is 7.02. The molecule has 0 saturated carbocycles. The summed E-state index contributed by atoms with van der Waals surface area (Å²) in [6.07, 6.45) is 5.92. The molecule has 2 rings (SSSR count). The number of ether oxygens (including phenoxy) is 1. The molecule has 110 valence electrons. The van der Waals surface area contributed by atoms with E-state index in [-0.39, 0.29) is 6.10 Å². The Morgan fingerprint density at radius 1 is 1.45 bits per heavy atom. The van der Waals surface area contributed by atoms with Crippen LogP contribution in [0.5, 0.6) is 0 Å². The number of likely N-dealkylation sites (N-methyl/N-ethyl adjacent to an activating group) is 1. The summed E-state index contributed by atoms with van der Waals surface area (Å²) in [5, 5.41) is 3.24. The molecular formula is C14H23N5O. The van der Waals surface area contributed by atoms with E-state index in [0.29, 0.717) is 6.61 Å². The highest BCUT2D eigenvalue weighted by atomic mass is 16.5. The predicted octanol–water partition coefficient (Wildman–Crippen LogP) is 2.02. The molecule has 6 nitrogen and oxygen atoms in total. The molecule has 0 unspecified atom stereocenters. The summed E-state index contributed by atoms with van der Waals surface area (Å²) in [7, 11) is 2.01. The molecule has 0 saturated heterocycles. The normalized spacial score (nSPS) is 11.2. The van der Waals surface area contributed by atoms with Gasteiger partial charge in [0.2, 0.25) is 0 Å². The molecule has 0 aliphatic heterocycles. The van der Waals surface area contributed by atoms with Crippen LogP contribution in [0.4, 0.5) is 11.6 Å². The maximum Gasteiger partial charge on any atom is 0.180 e. The van der Waals surface area contributed by atoms with Crippen molar-refractivity contribution in [3.63, 3.8) is 0 Å². The van der Waals surface area contributed by atoms with Crippen molar-refractivity contribution >= 4 is 17.3 Å². The second kappa shape index (κ2) is 6.56. The van der Waals surface area contributed by atoms with Crippen LogP contribution in [0.2, 0.25) is 0 Å². The van der Waals surface area contributed by atoms with E-state index in [1.54, 1.807) is 6.20 Å². The molecule has 0 radical (unpaired) electrons. The zero-order valence-corrected chi connectivity index (χ0v) is 12.6. The van der Waals surface area contributed by atoms with E-state index in [4.69, 9.17) is 4.74 Å². The molecule has 6 heteroatoms. The maximum absolute atomic E-state index is 5.59. The number of rotatable bonds is 7. The van der Waals surface area contributed by atoms with E-state index in [9.17, 15) is 0 Å². The van der Waals surface area contributed by atoms with E-state index in [0.717, 1.165) is 30.4 Å². The first-order chi connectivity index (χ1) is 9.61. The summed E-state index contributed by atoms with van der Waals surface area (Å²) in [6, 6.07) is 0. The average Bonchev–Trinajstić information content (AvgIpc) is 2.85. The van der Waals surface area contributed by atoms with Crippen LogP contribution in [-0.2, 0) is 4.74 Å². The second-order valence-corrected chi connectivity index (χ2v) is 4.98. The number of fused-ring (bicyclic) bond motifs is 1. The standard InChI is InChI=1S/C14H23N5O/c1-5-15-12-10-19-7-6-16-13(19)14(17-12)18(4)8-9-20-11(2)3/h6-7,10-11,15H,5,8-9H2,1-4H3. The van der Waals surface area contributed by atoms with Gasteiger partial charge in [-0.25, -0.2) is 9.97 Å². The fourth-order valence-electron chi connectivity index (χ4n) is 1.97. The lowest BCUT2D eigenvalue weighted by atomic mass is 10.4. The minimum atomic E-state index is 0.246. The number of anilines is 2. The molecule has 0 aliphatic rings. The zero-order valence-electron chi connectivity index (χ0n) is 12.6. The Morgan fingerprint density at radius 3 is 2.95 bits per heavy atom. The topological polar surface area (TPSA) is 54.7 Å². The molecule has 0 spiro atoms. The largest absolute Gasteiger partial charge is 0.377 e. The zero-order chi connectivity index (χ0) is 14.5. The lowest BCUT2D eigenvalue weighted by Crippen LogP contribution is -2.25. The van der Waals surface area contributed by atoms with Crippen molar-refractivity contribution in [2.75, 3.05) is 37.0 Å². The fraction of sp³-hybridized carbons (Fsp3) is 0.571. The van der Waals surface area contributed by atoms with Crippen molar-refractivity contribution in [1.29, 1.82) is 0 Å². The van der Waals surface area contributed by atoms with Crippen molar-refractivity contribution in [1.82, 2.24) is 14.4 Å². The van der Waals surface area contributed by atoms with Gasteiger partial charge >= 0.3 is 0 Å². The van der Waals surface area contributed by atoms with Gasteiger partial charge in [0.15, 0.2) is 11.5 Å². The Bertz CT molecular complexity index is 551. The highest BCUT2D eigenvalue weighted by Gasteiger charge is 2.11. The summed E-state index contributed by atoms with van der Waals surface area (Å²) in [6.45, 7) is 8.43. The smallest absolute Gasteiger partial charge is 0.180 e. The van der Waals surface area contributed by atoms with Crippen LogP contribution in [0.25, 0.3) is 5.65 Å². The predicted molar refractivity (Wildman–Crippen MR) is 81.5 cm³/mol.